The van der Waals surface area contributed by atoms with Crippen molar-refractivity contribution in [1.29, 1.82) is 0 Å². The van der Waals surface area contributed by atoms with Gasteiger partial charge in [0.2, 0.25) is 0 Å². The molecule has 1 aromatic rings. The van der Waals surface area contributed by atoms with Gasteiger partial charge >= 0.3 is 6.09 Å². The highest BCUT2D eigenvalue weighted by Crippen LogP contribution is 2.16. The summed E-state index contributed by atoms with van der Waals surface area (Å²) < 4.78 is 0. The number of pyridine rings is 1. The molecule has 1 aliphatic rings. The van der Waals surface area contributed by atoms with Gasteiger partial charge < -0.3 is 20.6 Å². The molecular weight excluding hydrogens is 232 g/mol. The third-order valence-corrected chi connectivity index (χ3v) is 3.10. The van der Waals surface area contributed by atoms with E-state index < -0.39 is 6.09 Å². The molecule has 98 valence electrons. The molecule has 2 rings (SSSR count). The monoisotopic (exact) mass is 250 g/mol. The first-order valence-electron chi connectivity index (χ1n) is 6.03. The van der Waals surface area contributed by atoms with Crippen LogP contribution in [0.25, 0.3) is 0 Å². The van der Waals surface area contributed by atoms with E-state index in [1.54, 1.807) is 0 Å². The fourth-order valence-corrected chi connectivity index (χ4v) is 2.00. The Bertz CT molecular complexity index is 428. The van der Waals surface area contributed by atoms with Crippen molar-refractivity contribution in [3.8, 4) is 0 Å². The second kappa shape index (κ2) is 5.22. The van der Waals surface area contributed by atoms with E-state index in [0.29, 0.717) is 26.2 Å². The van der Waals surface area contributed by atoms with Gasteiger partial charge in [0.1, 0.15) is 5.82 Å². The molecule has 6 heteroatoms. The molecule has 1 aromatic heterocycles. The van der Waals surface area contributed by atoms with Gasteiger partial charge in [0.05, 0.1) is 5.69 Å². The van der Waals surface area contributed by atoms with Crippen LogP contribution in [0.5, 0.6) is 0 Å². The third-order valence-electron chi connectivity index (χ3n) is 3.10. The summed E-state index contributed by atoms with van der Waals surface area (Å²) in [4.78, 5) is 18.8. The maximum atomic E-state index is 10.8. The van der Waals surface area contributed by atoms with Gasteiger partial charge in [-0.15, -0.1) is 0 Å². The highest BCUT2D eigenvalue weighted by molar-refractivity contribution is 5.65. The third kappa shape index (κ3) is 2.70. The molecule has 1 atom stereocenters. The van der Waals surface area contributed by atoms with E-state index in [-0.39, 0.29) is 6.04 Å². The molecule has 1 amide bonds. The van der Waals surface area contributed by atoms with E-state index >= 15 is 0 Å². The van der Waals surface area contributed by atoms with Crippen molar-refractivity contribution in [2.24, 2.45) is 5.73 Å². The minimum atomic E-state index is -0.855. The molecule has 1 aliphatic heterocycles. The average Bonchev–Trinajstić information content (AvgIpc) is 2.39. The van der Waals surface area contributed by atoms with Gasteiger partial charge in [-0.05, 0) is 19.1 Å². The van der Waals surface area contributed by atoms with Crippen molar-refractivity contribution in [2.75, 3.05) is 31.1 Å². The van der Waals surface area contributed by atoms with Crippen molar-refractivity contribution in [1.82, 2.24) is 9.88 Å². The van der Waals surface area contributed by atoms with E-state index in [4.69, 9.17) is 10.8 Å². The lowest BCUT2D eigenvalue weighted by Crippen LogP contribution is -2.48. The summed E-state index contributed by atoms with van der Waals surface area (Å²) in [6.45, 7) is 4.26. The van der Waals surface area contributed by atoms with E-state index in [0.717, 1.165) is 11.5 Å². The minimum absolute atomic E-state index is 0.0924. The average molecular weight is 250 g/mol. The zero-order valence-electron chi connectivity index (χ0n) is 10.4. The zero-order chi connectivity index (χ0) is 13.1. The Morgan fingerprint density at radius 3 is 2.61 bits per heavy atom. The molecule has 0 spiro atoms. The highest BCUT2D eigenvalue weighted by atomic mass is 16.4. The summed E-state index contributed by atoms with van der Waals surface area (Å²) in [5.41, 5.74) is 6.66. The molecule has 3 N–H and O–H groups in total. The molecule has 0 radical (unpaired) electrons. The van der Waals surface area contributed by atoms with Crippen molar-refractivity contribution in [2.45, 2.75) is 13.0 Å². The van der Waals surface area contributed by atoms with E-state index in [9.17, 15) is 4.79 Å². The maximum Gasteiger partial charge on any atom is 0.407 e. The molecule has 0 saturated carbocycles. The van der Waals surface area contributed by atoms with E-state index in [1.165, 1.54) is 4.90 Å². The summed E-state index contributed by atoms with van der Waals surface area (Å²) in [5, 5.41) is 8.89. The largest absolute Gasteiger partial charge is 0.465 e. The lowest BCUT2D eigenvalue weighted by Gasteiger charge is -2.34. The second-order valence-electron chi connectivity index (χ2n) is 4.47. The van der Waals surface area contributed by atoms with Crippen LogP contribution in [-0.2, 0) is 0 Å². The first-order chi connectivity index (χ1) is 8.58. The van der Waals surface area contributed by atoms with Gasteiger partial charge in [-0.25, -0.2) is 9.78 Å². The summed E-state index contributed by atoms with van der Waals surface area (Å²) in [7, 11) is 0. The lowest BCUT2D eigenvalue weighted by molar-refractivity contribution is 0.142. The fourth-order valence-electron chi connectivity index (χ4n) is 2.00. The smallest absolute Gasteiger partial charge is 0.407 e. The molecular formula is C12H18N4O2. The van der Waals surface area contributed by atoms with Crippen molar-refractivity contribution >= 4 is 11.9 Å². The number of hydrogen-bond donors (Lipinski definition) is 2. The molecule has 18 heavy (non-hydrogen) atoms. The quantitative estimate of drug-likeness (QED) is 0.815. The van der Waals surface area contributed by atoms with Crippen LogP contribution < -0.4 is 10.6 Å². The van der Waals surface area contributed by atoms with Crippen LogP contribution >= 0.6 is 0 Å². The summed E-state index contributed by atoms with van der Waals surface area (Å²) >= 11 is 0. The lowest BCUT2D eigenvalue weighted by atomic mass is 10.2. The Kier molecular flexibility index (Phi) is 3.66. The van der Waals surface area contributed by atoms with Gasteiger partial charge in [0, 0.05) is 32.2 Å². The molecule has 0 bridgehead atoms. The molecule has 0 aliphatic carbocycles. The number of carboxylic acid groups (broad SMARTS) is 1. The van der Waals surface area contributed by atoms with Gasteiger partial charge in [-0.2, -0.15) is 0 Å². The number of carbonyl (C=O) groups is 1. The van der Waals surface area contributed by atoms with Gasteiger partial charge in [0.25, 0.3) is 0 Å². The predicted molar refractivity (Wildman–Crippen MR) is 68.7 cm³/mol. The molecule has 2 heterocycles. The summed E-state index contributed by atoms with van der Waals surface area (Å²) in [6.07, 6.45) is -0.855. The Balaban J connectivity index is 2.05. The predicted octanol–water partition coefficient (Wildman–Crippen LogP) is 0.901. The fraction of sp³-hybridized carbons (Fsp3) is 0.500. The van der Waals surface area contributed by atoms with E-state index in [2.05, 4.69) is 9.88 Å². The van der Waals surface area contributed by atoms with Crippen LogP contribution in [0.1, 0.15) is 18.7 Å². The van der Waals surface area contributed by atoms with Gasteiger partial charge in [-0.1, -0.05) is 6.07 Å². The first-order valence-corrected chi connectivity index (χ1v) is 6.03. The topological polar surface area (TPSA) is 82.7 Å². The van der Waals surface area contributed by atoms with Crippen LogP contribution in [0.2, 0.25) is 0 Å². The zero-order valence-corrected chi connectivity index (χ0v) is 10.4. The van der Waals surface area contributed by atoms with Gasteiger partial charge in [-0.3, -0.25) is 0 Å². The number of piperazine rings is 1. The first kappa shape index (κ1) is 12.6. The van der Waals surface area contributed by atoms with E-state index in [1.807, 2.05) is 25.1 Å². The number of aromatic nitrogens is 1. The Hall–Kier alpha value is -1.82. The molecule has 0 unspecified atom stereocenters. The number of nitrogens with two attached hydrogens (primary N) is 1. The van der Waals surface area contributed by atoms with Crippen molar-refractivity contribution < 1.29 is 9.90 Å². The van der Waals surface area contributed by atoms with Crippen LogP contribution in [0.4, 0.5) is 10.6 Å². The van der Waals surface area contributed by atoms with Crippen LogP contribution in [0.3, 0.4) is 0 Å². The number of anilines is 1. The SMILES string of the molecule is C[C@H](N)c1cccc(N2CCN(C(=O)O)CC2)n1. The molecule has 6 nitrogen and oxygen atoms in total. The number of nitrogens with zero attached hydrogens (tertiary/aromatic N) is 3. The Morgan fingerprint density at radius 2 is 2.06 bits per heavy atom. The summed E-state index contributed by atoms with van der Waals surface area (Å²) in [6, 6.07) is 5.68. The normalized spacial score (nSPS) is 17.7. The standard InChI is InChI=1S/C12H18N4O2/c1-9(13)10-3-2-4-11(14-10)15-5-7-16(8-6-15)12(17)18/h2-4,9H,5-8,13H2,1H3,(H,17,18)/t9-/m0/s1. The molecule has 1 saturated heterocycles. The molecule has 1 fully saturated rings. The van der Waals surface area contributed by atoms with Gasteiger partial charge in [0.15, 0.2) is 0 Å². The summed E-state index contributed by atoms with van der Waals surface area (Å²) in [5.74, 6) is 0.870. The minimum Gasteiger partial charge on any atom is -0.465 e. The maximum absolute atomic E-state index is 10.8. The Morgan fingerprint density at radius 1 is 1.39 bits per heavy atom. The van der Waals surface area contributed by atoms with Crippen LogP contribution in [0.15, 0.2) is 18.2 Å². The molecule has 0 aromatic carbocycles. The van der Waals surface area contributed by atoms with Crippen LogP contribution in [0, 0.1) is 0 Å². The number of amides is 1. The number of rotatable bonds is 2. The second-order valence-corrected chi connectivity index (χ2v) is 4.47. The van der Waals surface area contributed by atoms with Crippen molar-refractivity contribution in [3.05, 3.63) is 23.9 Å². The Labute approximate surface area is 106 Å². The van der Waals surface area contributed by atoms with Crippen molar-refractivity contribution in [3.63, 3.8) is 0 Å². The number of hydrogen-bond acceptors (Lipinski definition) is 4. The highest BCUT2D eigenvalue weighted by Gasteiger charge is 2.21. The van der Waals surface area contributed by atoms with Crippen LogP contribution in [-0.4, -0.2) is 47.3 Å².